The number of methoxy groups -OCH3 is 1. The number of ether oxygens (including phenoxy) is 1. The summed E-state index contributed by atoms with van der Waals surface area (Å²) in [5.74, 6) is 1.27. The molecular weight excluding hydrogens is 202 g/mol. The van der Waals surface area contributed by atoms with Crippen molar-refractivity contribution in [1.82, 2.24) is 9.97 Å². The van der Waals surface area contributed by atoms with Gasteiger partial charge in [0.05, 0.1) is 7.11 Å². The van der Waals surface area contributed by atoms with Gasteiger partial charge in [-0.1, -0.05) is 13.3 Å². The van der Waals surface area contributed by atoms with Gasteiger partial charge >= 0.3 is 0 Å². The topological polar surface area (TPSA) is 47.0 Å². The molecule has 0 aliphatic heterocycles. The second-order valence-corrected chi connectivity index (χ2v) is 4.48. The minimum Gasteiger partial charge on any atom is -0.481 e. The standard InChI is InChI=1S/C12H19N3O/c1-3-12(6-4-7-12)9-14-11-13-8-5-10(15-11)16-2/h5,8H,3-4,6-7,9H2,1-2H3,(H,13,14,15). The highest BCUT2D eigenvalue weighted by molar-refractivity contribution is 5.28. The highest BCUT2D eigenvalue weighted by Gasteiger charge is 2.34. The summed E-state index contributed by atoms with van der Waals surface area (Å²) in [6, 6.07) is 1.75. The summed E-state index contributed by atoms with van der Waals surface area (Å²) in [5, 5.41) is 3.31. The smallest absolute Gasteiger partial charge is 0.225 e. The minimum atomic E-state index is 0.479. The average molecular weight is 221 g/mol. The molecule has 0 bridgehead atoms. The number of nitrogens with zero attached hydrogens (tertiary/aromatic N) is 2. The van der Waals surface area contributed by atoms with Crippen LogP contribution in [0, 0.1) is 5.41 Å². The van der Waals surface area contributed by atoms with E-state index in [-0.39, 0.29) is 0 Å². The van der Waals surface area contributed by atoms with E-state index in [1.165, 1.54) is 25.7 Å². The van der Waals surface area contributed by atoms with Crippen LogP contribution in [0.5, 0.6) is 5.88 Å². The molecule has 4 nitrogen and oxygen atoms in total. The van der Waals surface area contributed by atoms with E-state index in [2.05, 4.69) is 22.2 Å². The molecule has 1 saturated carbocycles. The van der Waals surface area contributed by atoms with Gasteiger partial charge in [-0.15, -0.1) is 0 Å². The van der Waals surface area contributed by atoms with Crippen molar-refractivity contribution in [3.63, 3.8) is 0 Å². The molecular formula is C12H19N3O. The number of hydrogen-bond acceptors (Lipinski definition) is 4. The van der Waals surface area contributed by atoms with E-state index in [1.54, 1.807) is 19.4 Å². The Hall–Kier alpha value is -1.32. The van der Waals surface area contributed by atoms with Crippen LogP contribution in [0.25, 0.3) is 0 Å². The Morgan fingerprint density at radius 1 is 1.50 bits per heavy atom. The molecule has 1 aliphatic carbocycles. The van der Waals surface area contributed by atoms with Crippen LogP contribution < -0.4 is 10.1 Å². The summed E-state index contributed by atoms with van der Waals surface area (Å²) in [6.45, 7) is 3.23. The predicted molar refractivity (Wildman–Crippen MR) is 63.6 cm³/mol. The number of anilines is 1. The molecule has 16 heavy (non-hydrogen) atoms. The first kappa shape index (κ1) is 11.2. The molecule has 0 radical (unpaired) electrons. The lowest BCUT2D eigenvalue weighted by Crippen LogP contribution is -2.36. The molecule has 2 rings (SSSR count). The SMILES string of the molecule is CCC1(CNc2nccc(OC)n2)CCC1. The van der Waals surface area contributed by atoms with Gasteiger partial charge in [0.25, 0.3) is 0 Å². The van der Waals surface area contributed by atoms with Crippen LogP contribution >= 0.6 is 0 Å². The van der Waals surface area contributed by atoms with E-state index >= 15 is 0 Å². The summed E-state index contributed by atoms with van der Waals surface area (Å²) >= 11 is 0. The van der Waals surface area contributed by atoms with Gasteiger partial charge in [-0.25, -0.2) is 4.98 Å². The molecule has 1 heterocycles. The molecule has 1 aliphatic rings. The van der Waals surface area contributed by atoms with Crippen LogP contribution in [-0.4, -0.2) is 23.6 Å². The average Bonchev–Trinajstić information content (AvgIpc) is 2.29. The quantitative estimate of drug-likeness (QED) is 0.829. The molecule has 0 saturated heterocycles. The van der Waals surface area contributed by atoms with Crippen molar-refractivity contribution >= 4 is 5.95 Å². The molecule has 0 aromatic carbocycles. The van der Waals surface area contributed by atoms with Crippen LogP contribution in [0.15, 0.2) is 12.3 Å². The number of hydrogen-bond donors (Lipinski definition) is 1. The maximum absolute atomic E-state index is 5.06. The largest absolute Gasteiger partial charge is 0.481 e. The van der Waals surface area contributed by atoms with E-state index in [0.29, 0.717) is 17.2 Å². The molecule has 0 amide bonds. The maximum Gasteiger partial charge on any atom is 0.225 e. The fourth-order valence-corrected chi connectivity index (χ4v) is 2.14. The lowest BCUT2D eigenvalue weighted by molar-refractivity contribution is 0.144. The van der Waals surface area contributed by atoms with Crippen LogP contribution in [0.2, 0.25) is 0 Å². The van der Waals surface area contributed by atoms with Crippen molar-refractivity contribution in [2.75, 3.05) is 19.0 Å². The second kappa shape index (κ2) is 4.68. The van der Waals surface area contributed by atoms with Crippen molar-refractivity contribution in [1.29, 1.82) is 0 Å². The zero-order valence-electron chi connectivity index (χ0n) is 9.99. The maximum atomic E-state index is 5.06. The first-order chi connectivity index (χ1) is 7.78. The molecule has 4 heteroatoms. The van der Waals surface area contributed by atoms with Gasteiger partial charge in [0.1, 0.15) is 0 Å². The third-order valence-electron chi connectivity index (χ3n) is 3.62. The monoisotopic (exact) mass is 221 g/mol. The van der Waals surface area contributed by atoms with E-state index in [4.69, 9.17) is 4.74 Å². The number of rotatable bonds is 5. The Labute approximate surface area is 96.4 Å². The van der Waals surface area contributed by atoms with Crippen molar-refractivity contribution in [3.05, 3.63) is 12.3 Å². The van der Waals surface area contributed by atoms with Gasteiger partial charge in [-0.3, -0.25) is 0 Å². The molecule has 1 fully saturated rings. The number of nitrogens with one attached hydrogen (secondary N) is 1. The van der Waals surface area contributed by atoms with Crippen molar-refractivity contribution < 1.29 is 4.74 Å². The molecule has 1 aromatic heterocycles. The first-order valence-electron chi connectivity index (χ1n) is 5.89. The van der Waals surface area contributed by atoms with Gasteiger partial charge in [0.2, 0.25) is 11.8 Å². The Balaban J connectivity index is 1.93. The van der Waals surface area contributed by atoms with Gasteiger partial charge in [-0.05, 0) is 24.7 Å². The third-order valence-corrected chi connectivity index (χ3v) is 3.62. The normalized spacial score (nSPS) is 17.6. The molecule has 1 N–H and O–H groups in total. The predicted octanol–water partition coefficient (Wildman–Crippen LogP) is 2.48. The summed E-state index contributed by atoms with van der Waals surface area (Å²) in [5.41, 5.74) is 0.479. The van der Waals surface area contributed by atoms with Crippen molar-refractivity contribution in [3.8, 4) is 5.88 Å². The van der Waals surface area contributed by atoms with Crippen molar-refractivity contribution in [2.45, 2.75) is 32.6 Å². The second-order valence-electron chi connectivity index (χ2n) is 4.48. The Bertz CT molecular complexity index is 344. The van der Waals surface area contributed by atoms with Gasteiger partial charge < -0.3 is 10.1 Å². The van der Waals surface area contributed by atoms with Gasteiger partial charge in [-0.2, -0.15) is 4.98 Å². The van der Waals surface area contributed by atoms with E-state index < -0.39 is 0 Å². The van der Waals surface area contributed by atoms with Crippen LogP contribution in [0.4, 0.5) is 5.95 Å². The molecule has 0 atom stereocenters. The minimum absolute atomic E-state index is 0.479. The van der Waals surface area contributed by atoms with E-state index in [9.17, 15) is 0 Å². The highest BCUT2D eigenvalue weighted by atomic mass is 16.5. The lowest BCUT2D eigenvalue weighted by Gasteiger charge is -2.41. The highest BCUT2D eigenvalue weighted by Crippen LogP contribution is 2.43. The summed E-state index contributed by atoms with van der Waals surface area (Å²) < 4.78 is 5.06. The van der Waals surface area contributed by atoms with E-state index in [1.807, 2.05) is 0 Å². The van der Waals surface area contributed by atoms with Crippen LogP contribution in [0.3, 0.4) is 0 Å². The first-order valence-corrected chi connectivity index (χ1v) is 5.89. The molecule has 0 unspecified atom stereocenters. The fourth-order valence-electron chi connectivity index (χ4n) is 2.14. The summed E-state index contributed by atoms with van der Waals surface area (Å²) in [7, 11) is 1.62. The Kier molecular flexibility index (Phi) is 3.27. The summed E-state index contributed by atoms with van der Waals surface area (Å²) in [4.78, 5) is 8.42. The lowest BCUT2D eigenvalue weighted by atomic mass is 9.67. The van der Waals surface area contributed by atoms with Crippen LogP contribution in [0.1, 0.15) is 32.6 Å². The van der Waals surface area contributed by atoms with Crippen molar-refractivity contribution in [2.24, 2.45) is 5.41 Å². The molecule has 88 valence electrons. The number of aromatic nitrogens is 2. The van der Waals surface area contributed by atoms with E-state index in [0.717, 1.165) is 6.54 Å². The Morgan fingerprint density at radius 2 is 2.31 bits per heavy atom. The molecule has 0 spiro atoms. The zero-order chi connectivity index (χ0) is 11.4. The fraction of sp³-hybridized carbons (Fsp3) is 0.667. The molecule has 1 aromatic rings. The third kappa shape index (κ3) is 2.26. The van der Waals surface area contributed by atoms with Gasteiger partial charge in [0, 0.05) is 18.8 Å². The zero-order valence-corrected chi connectivity index (χ0v) is 9.99. The van der Waals surface area contributed by atoms with Gasteiger partial charge in [0.15, 0.2) is 0 Å². The summed E-state index contributed by atoms with van der Waals surface area (Å²) in [6.07, 6.45) is 6.94. The van der Waals surface area contributed by atoms with Crippen LogP contribution in [-0.2, 0) is 0 Å². The Morgan fingerprint density at radius 3 is 2.88 bits per heavy atom.